The zero-order valence-electron chi connectivity index (χ0n) is 18.3. The maximum absolute atomic E-state index is 13.9. The Bertz CT molecular complexity index is 1380. The minimum atomic E-state index is -5.83. The van der Waals surface area contributed by atoms with Gasteiger partial charge in [-0.15, -0.1) is 0 Å². The summed E-state index contributed by atoms with van der Waals surface area (Å²) in [6.45, 7) is 2.31. The van der Waals surface area contributed by atoms with E-state index in [1.54, 1.807) is 0 Å². The SMILES string of the molecule is CCN(C(=O)c1cc(C(F)(F)F)cc(S(=O)(=O)O)c1C(F)(F)F)C(C)c1ncnn1-c1ncccn1. The van der Waals surface area contributed by atoms with Gasteiger partial charge in [-0.05, 0) is 32.0 Å². The van der Waals surface area contributed by atoms with Crippen LogP contribution in [-0.2, 0) is 22.5 Å². The number of nitrogens with zero attached hydrogens (tertiary/aromatic N) is 6. The second-order valence-corrected chi connectivity index (χ2v) is 8.60. The van der Waals surface area contributed by atoms with Crippen molar-refractivity contribution >= 4 is 16.0 Å². The minimum Gasteiger partial charge on any atom is -0.329 e. The van der Waals surface area contributed by atoms with Crippen LogP contribution in [0.3, 0.4) is 0 Å². The van der Waals surface area contributed by atoms with Crippen molar-refractivity contribution in [2.24, 2.45) is 0 Å². The van der Waals surface area contributed by atoms with Gasteiger partial charge in [0.2, 0.25) is 0 Å². The number of aromatic nitrogens is 5. The van der Waals surface area contributed by atoms with Crippen LogP contribution in [0.5, 0.6) is 0 Å². The van der Waals surface area contributed by atoms with Crippen LogP contribution in [0, 0.1) is 0 Å². The number of carbonyl (C=O) groups is 1. The third-order valence-corrected chi connectivity index (χ3v) is 5.86. The van der Waals surface area contributed by atoms with Crippen molar-refractivity contribution in [2.75, 3.05) is 6.54 Å². The summed E-state index contributed by atoms with van der Waals surface area (Å²) in [6.07, 6.45) is -7.21. The summed E-state index contributed by atoms with van der Waals surface area (Å²) < 4.78 is 116. The maximum atomic E-state index is 13.9. The largest absolute Gasteiger partial charge is 0.418 e. The molecule has 0 radical (unpaired) electrons. The first-order valence-corrected chi connectivity index (χ1v) is 11.3. The number of hydrogen-bond acceptors (Lipinski definition) is 7. The van der Waals surface area contributed by atoms with Crippen LogP contribution in [0.4, 0.5) is 26.3 Å². The zero-order chi connectivity index (χ0) is 27.1. The normalized spacial score (nSPS) is 13.5. The summed E-state index contributed by atoms with van der Waals surface area (Å²) in [7, 11) is -5.83. The van der Waals surface area contributed by atoms with Crippen LogP contribution < -0.4 is 0 Å². The maximum Gasteiger partial charge on any atom is 0.418 e. The predicted octanol–water partition coefficient (Wildman–Crippen LogP) is 3.56. The quantitative estimate of drug-likeness (QED) is 0.372. The van der Waals surface area contributed by atoms with E-state index in [2.05, 4.69) is 20.1 Å². The Morgan fingerprint density at radius 3 is 2.19 bits per heavy atom. The highest BCUT2D eigenvalue weighted by Gasteiger charge is 2.45. The zero-order valence-corrected chi connectivity index (χ0v) is 19.1. The molecule has 2 heterocycles. The van der Waals surface area contributed by atoms with Crippen molar-refractivity contribution < 1.29 is 44.1 Å². The molecule has 3 rings (SSSR count). The minimum absolute atomic E-state index is 0.0101. The highest BCUT2D eigenvalue weighted by Crippen LogP contribution is 2.41. The molecule has 0 bridgehead atoms. The van der Waals surface area contributed by atoms with Crippen LogP contribution in [0.2, 0.25) is 0 Å². The fraction of sp³-hybridized carbons (Fsp3) is 0.316. The average Bonchev–Trinajstić information content (AvgIpc) is 3.27. The molecule has 0 aliphatic heterocycles. The molecule has 3 aromatic rings. The summed E-state index contributed by atoms with van der Waals surface area (Å²) in [5.41, 5.74) is -5.74. The lowest BCUT2D eigenvalue weighted by molar-refractivity contribution is -0.143. The van der Waals surface area contributed by atoms with Gasteiger partial charge in [0.15, 0.2) is 5.82 Å². The number of alkyl halides is 6. The summed E-state index contributed by atoms with van der Waals surface area (Å²) in [5, 5.41) is 3.91. The number of benzene rings is 1. The molecule has 194 valence electrons. The second-order valence-electron chi connectivity index (χ2n) is 7.21. The fourth-order valence-electron chi connectivity index (χ4n) is 3.42. The van der Waals surface area contributed by atoms with Crippen LogP contribution >= 0.6 is 0 Å². The van der Waals surface area contributed by atoms with E-state index in [1.165, 1.54) is 32.3 Å². The molecule has 17 heteroatoms. The lowest BCUT2D eigenvalue weighted by Gasteiger charge is -2.29. The molecule has 1 amide bonds. The van der Waals surface area contributed by atoms with Crippen LogP contribution in [0.15, 0.2) is 41.8 Å². The van der Waals surface area contributed by atoms with Gasteiger partial charge in [0.1, 0.15) is 11.2 Å². The Morgan fingerprint density at radius 1 is 1.08 bits per heavy atom. The summed E-state index contributed by atoms with van der Waals surface area (Å²) in [6, 6.07) is -0.193. The lowest BCUT2D eigenvalue weighted by atomic mass is 10.0. The summed E-state index contributed by atoms with van der Waals surface area (Å²) in [4.78, 5) is 23.8. The Morgan fingerprint density at radius 2 is 1.69 bits per heavy atom. The van der Waals surface area contributed by atoms with Crippen molar-refractivity contribution in [3.8, 4) is 5.95 Å². The molecule has 36 heavy (non-hydrogen) atoms. The molecule has 2 aromatic heterocycles. The van der Waals surface area contributed by atoms with E-state index in [4.69, 9.17) is 0 Å². The highest BCUT2D eigenvalue weighted by atomic mass is 32.2. The fourth-order valence-corrected chi connectivity index (χ4v) is 4.18. The highest BCUT2D eigenvalue weighted by molar-refractivity contribution is 7.85. The van der Waals surface area contributed by atoms with Gasteiger partial charge in [-0.2, -0.15) is 44.5 Å². The topological polar surface area (TPSA) is 131 Å². The standard InChI is InChI=1S/C19H16F6N6O4S/c1-3-30(10(2)15-28-9-29-31(15)17-26-5-4-6-27-17)16(32)12-7-11(18(20,21)22)8-13(36(33,34)35)14(12)19(23,24)25/h4-10H,3H2,1-2H3,(H,33,34,35). The molecule has 0 spiro atoms. The van der Waals surface area contributed by atoms with Gasteiger partial charge in [0.25, 0.3) is 22.0 Å². The van der Waals surface area contributed by atoms with Gasteiger partial charge in [-0.3, -0.25) is 9.35 Å². The number of carbonyl (C=O) groups excluding carboxylic acids is 1. The number of halogens is 6. The molecule has 1 aromatic carbocycles. The Balaban J connectivity index is 2.22. The van der Waals surface area contributed by atoms with Crippen molar-refractivity contribution in [1.29, 1.82) is 0 Å². The van der Waals surface area contributed by atoms with E-state index in [1.807, 2.05) is 0 Å². The van der Waals surface area contributed by atoms with Gasteiger partial charge in [0, 0.05) is 18.9 Å². The molecule has 0 aliphatic rings. The summed E-state index contributed by atoms with van der Waals surface area (Å²) >= 11 is 0. The van der Waals surface area contributed by atoms with Crippen LogP contribution in [0.1, 0.15) is 47.2 Å². The van der Waals surface area contributed by atoms with E-state index in [9.17, 15) is 44.1 Å². The van der Waals surface area contributed by atoms with Gasteiger partial charge < -0.3 is 4.90 Å². The average molecular weight is 538 g/mol. The molecular formula is C19H16F6N6O4S. The van der Waals surface area contributed by atoms with Gasteiger partial charge in [-0.25, -0.2) is 15.0 Å². The van der Waals surface area contributed by atoms with Crippen molar-refractivity contribution in [2.45, 2.75) is 37.1 Å². The van der Waals surface area contributed by atoms with Crippen molar-refractivity contribution in [1.82, 2.24) is 29.6 Å². The molecule has 0 fully saturated rings. The van der Waals surface area contributed by atoms with Gasteiger partial charge in [-0.1, -0.05) is 0 Å². The lowest BCUT2D eigenvalue weighted by Crippen LogP contribution is -2.36. The smallest absolute Gasteiger partial charge is 0.329 e. The molecule has 0 saturated heterocycles. The monoisotopic (exact) mass is 538 g/mol. The first kappa shape index (κ1) is 27.0. The van der Waals surface area contributed by atoms with Gasteiger partial charge >= 0.3 is 12.4 Å². The van der Waals surface area contributed by atoms with Crippen molar-refractivity contribution in [3.05, 3.63) is 59.4 Å². The van der Waals surface area contributed by atoms with E-state index in [-0.39, 0.29) is 30.5 Å². The number of hydrogen-bond donors (Lipinski definition) is 1. The van der Waals surface area contributed by atoms with E-state index in [0.29, 0.717) is 0 Å². The van der Waals surface area contributed by atoms with Crippen molar-refractivity contribution in [3.63, 3.8) is 0 Å². The first-order chi connectivity index (χ1) is 16.6. The van der Waals surface area contributed by atoms with E-state index in [0.717, 1.165) is 15.9 Å². The molecule has 10 nitrogen and oxygen atoms in total. The first-order valence-electron chi connectivity index (χ1n) is 9.85. The third-order valence-electron chi connectivity index (χ3n) is 4.98. The summed E-state index contributed by atoms with van der Waals surface area (Å²) in [5.74, 6) is -1.66. The molecule has 0 aliphatic carbocycles. The second kappa shape index (κ2) is 9.45. The number of amides is 1. The Labute approximate surface area is 199 Å². The van der Waals surface area contributed by atoms with Crippen LogP contribution in [0.25, 0.3) is 5.95 Å². The third kappa shape index (κ3) is 5.30. The predicted molar refractivity (Wildman–Crippen MR) is 108 cm³/mol. The Kier molecular flexibility index (Phi) is 7.09. The van der Waals surface area contributed by atoms with Gasteiger partial charge in [0.05, 0.1) is 22.7 Å². The molecule has 1 atom stereocenters. The molecular weight excluding hydrogens is 522 g/mol. The molecule has 0 saturated carbocycles. The number of rotatable bonds is 6. The molecule has 1 unspecified atom stereocenters. The van der Waals surface area contributed by atoms with E-state index < -0.39 is 56.0 Å². The van der Waals surface area contributed by atoms with Crippen LogP contribution in [-0.4, -0.2) is 55.1 Å². The Hall–Kier alpha value is -3.60. The van der Waals surface area contributed by atoms with E-state index >= 15 is 0 Å². The molecule has 1 N–H and O–H groups in total.